The molecule has 18 heavy (non-hydrogen) atoms. The van der Waals surface area contributed by atoms with Gasteiger partial charge in [-0.25, -0.2) is 4.39 Å². The molecule has 2 aromatic rings. The highest BCUT2D eigenvalue weighted by molar-refractivity contribution is 9.10. The summed E-state index contributed by atoms with van der Waals surface area (Å²) in [6.45, 7) is 0.0550. The van der Waals surface area contributed by atoms with Crippen molar-refractivity contribution in [3.63, 3.8) is 0 Å². The summed E-state index contributed by atoms with van der Waals surface area (Å²) >= 11 is 3.27. The van der Waals surface area contributed by atoms with E-state index in [1.165, 1.54) is 12.3 Å². The van der Waals surface area contributed by atoms with E-state index in [2.05, 4.69) is 20.9 Å². The Kier molecular flexibility index (Phi) is 3.90. The number of ether oxygens (including phenoxy) is 1. The van der Waals surface area contributed by atoms with Gasteiger partial charge in [-0.05, 0) is 28.1 Å². The second kappa shape index (κ2) is 5.61. The minimum absolute atomic E-state index is 0.0171. The Morgan fingerprint density at radius 1 is 1.39 bits per heavy atom. The van der Waals surface area contributed by atoms with Gasteiger partial charge in [-0.15, -0.1) is 0 Å². The SMILES string of the molecule is N#Cc1cccc(COc2cncc(Br)c2)c1F. The molecule has 2 rings (SSSR count). The molecule has 1 heterocycles. The molecule has 0 N–H and O–H groups in total. The Hall–Kier alpha value is -1.93. The molecule has 0 bridgehead atoms. The van der Waals surface area contributed by atoms with Crippen molar-refractivity contribution >= 4 is 15.9 Å². The van der Waals surface area contributed by atoms with Crippen LogP contribution in [0.5, 0.6) is 5.75 Å². The van der Waals surface area contributed by atoms with Gasteiger partial charge in [-0.2, -0.15) is 5.26 Å². The normalized spacial score (nSPS) is 9.83. The summed E-state index contributed by atoms with van der Waals surface area (Å²) in [5.74, 6) is -0.00547. The number of nitrogens with zero attached hydrogens (tertiary/aromatic N) is 2. The highest BCUT2D eigenvalue weighted by Gasteiger charge is 2.08. The monoisotopic (exact) mass is 306 g/mol. The quantitative estimate of drug-likeness (QED) is 0.872. The third-order valence-corrected chi connectivity index (χ3v) is 2.71. The van der Waals surface area contributed by atoms with Crippen molar-refractivity contribution < 1.29 is 9.13 Å². The van der Waals surface area contributed by atoms with Gasteiger partial charge < -0.3 is 4.74 Å². The molecule has 1 aromatic heterocycles. The van der Waals surface area contributed by atoms with Crippen LogP contribution in [0.3, 0.4) is 0 Å². The van der Waals surface area contributed by atoms with E-state index in [1.54, 1.807) is 30.5 Å². The summed E-state index contributed by atoms with van der Waals surface area (Å²) in [6, 6.07) is 8.17. The molecule has 0 fully saturated rings. The van der Waals surface area contributed by atoms with Crippen LogP contribution in [0.2, 0.25) is 0 Å². The second-order valence-electron chi connectivity index (χ2n) is 3.52. The zero-order valence-corrected chi connectivity index (χ0v) is 10.8. The second-order valence-corrected chi connectivity index (χ2v) is 4.43. The van der Waals surface area contributed by atoms with Crippen LogP contribution in [-0.2, 0) is 6.61 Å². The van der Waals surface area contributed by atoms with Gasteiger partial charge in [0.2, 0.25) is 0 Å². The Balaban J connectivity index is 2.14. The van der Waals surface area contributed by atoms with Gasteiger partial charge >= 0.3 is 0 Å². The molecule has 0 radical (unpaired) electrons. The van der Waals surface area contributed by atoms with E-state index in [9.17, 15) is 4.39 Å². The minimum atomic E-state index is -0.539. The van der Waals surface area contributed by atoms with E-state index in [0.717, 1.165) is 4.47 Å². The number of rotatable bonds is 3. The maximum atomic E-state index is 13.7. The molecule has 0 atom stereocenters. The summed E-state index contributed by atoms with van der Waals surface area (Å²) in [5, 5.41) is 8.72. The molecule has 0 spiro atoms. The topological polar surface area (TPSA) is 45.9 Å². The number of hydrogen-bond acceptors (Lipinski definition) is 3. The molecule has 0 unspecified atom stereocenters. The Labute approximate surface area is 112 Å². The molecule has 0 aliphatic carbocycles. The number of benzene rings is 1. The lowest BCUT2D eigenvalue weighted by atomic mass is 10.1. The smallest absolute Gasteiger partial charge is 0.147 e. The van der Waals surface area contributed by atoms with Crippen molar-refractivity contribution in [2.45, 2.75) is 6.61 Å². The van der Waals surface area contributed by atoms with Crippen molar-refractivity contribution in [1.29, 1.82) is 5.26 Å². The summed E-state index contributed by atoms with van der Waals surface area (Å²) in [7, 11) is 0. The van der Waals surface area contributed by atoms with Crippen LogP contribution in [0.15, 0.2) is 41.1 Å². The van der Waals surface area contributed by atoms with Crippen molar-refractivity contribution in [3.05, 3.63) is 58.1 Å². The first-order valence-electron chi connectivity index (χ1n) is 5.11. The van der Waals surface area contributed by atoms with Crippen LogP contribution < -0.4 is 4.74 Å². The van der Waals surface area contributed by atoms with Crippen LogP contribution in [0.25, 0.3) is 0 Å². The van der Waals surface area contributed by atoms with Crippen molar-refractivity contribution in [1.82, 2.24) is 4.98 Å². The molecule has 3 nitrogen and oxygen atoms in total. The van der Waals surface area contributed by atoms with Crippen LogP contribution in [-0.4, -0.2) is 4.98 Å². The van der Waals surface area contributed by atoms with Crippen LogP contribution in [0.1, 0.15) is 11.1 Å². The maximum Gasteiger partial charge on any atom is 0.147 e. The van der Waals surface area contributed by atoms with Crippen molar-refractivity contribution in [3.8, 4) is 11.8 Å². The van der Waals surface area contributed by atoms with E-state index in [1.807, 2.05) is 0 Å². The van der Waals surface area contributed by atoms with E-state index in [-0.39, 0.29) is 12.2 Å². The van der Waals surface area contributed by atoms with Gasteiger partial charge in [-0.3, -0.25) is 4.98 Å². The number of hydrogen-bond donors (Lipinski definition) is 0. The first-order valence-corrected chi connectivity index (χ1v) is 5.91. The van der Waals surface area contributed by atoms with E-state index >= 15 is 0 Å². The van der Waals surface area contributed by atoms with Gasteiger partial charge in [0.1, 0.15) is 24.2 Å². The molecule has 0 aliphatic heterocycles. The average molecular weight is 307 g/mol. The first-order chi connectivity index (χ1) is 8.70. The fourth-order valence-electron chi connectivity index (χ4n) is 1.41. The zero-order chi connectivity index (χ0) is 13.0. The standard InChI is InChI=1S/C13H8BrFN2O/c14-11-4-12(7-17-6-11)18-8-10-3-1-2-9(5-16)13(10)15/h1-4,6-7H,8H2. The Morgan fingerprint density at radius 3 is 2.94 bits per heavy atom. The fourth-order valence-corrected chi connectivity index (χ4v) is 1.75. The van der Waals surface area contributed by atoms with E-state index in [0.29, 0.717) is 11.3 Å². The average Bonchev–Trinajstić information content (AvgIpc) is 2.38. The van der Waals surface area contributed by atoms with Gasteiger partial charge in [0.25, 0.3) is 0 Å². The maximum absolute atomic E-state index is 13.7. The number of pyridine rings is 1. The van der Waals surface area contributed by atoms with Crippen LogP contribution >= 0.6 is 15.9 Å². The summed E-state index contributed by atoms with van der Waals surface area (Å²) in [6.07, 6.45) is 3.17. The first kappa shape index (κ1) is 12.5. The zero-order valence-electron chi connectivity index (χ0n) is 9.23. The highest BCUT2D eigenvalue weighted by Crippen LogP contribution is 2.19. The Morgan fingerprint density at radius 2 is 2.22 bits per heavy atom. The molecule has 0 amide bonds. The van der Waals surface area contributed by atoms with Crippen molar-refractivity contribution in [2.75, 3.05) is 0 Å². The number of halogens is 2. The highest BCUT2D eigenvalue weighted by atomic mass is 79.9. The third kappa shape index (κ3) is 2.84. The largest absolute Gasteiger partial charge is 0.487 e. The van der Waals surface area contributed by atoms with Gasteiger partial charge in [0.05, 0.1) is 11.8 Å². The molecular formula is C13H8BrFN2O. The summed E-state index contributed by atoms with van der Waals surface area (Å²) < 4.78 is 19.9. The molecule has 0 saturated heterocycles. The van der Waals surface area contributed by atoms with Gasteiger partial charge in [0.15, 0.2) is 0 Å². The third-order valence-electron chi connectivity index (χ3n) is 2.27. The summed E-state index contributed by atoms with van der Waals surface area (Å²) in [5.41, 5.74) is 0.359. The molecule has 5 heteroatoms. The van der Waals surface area contributed by atoms with Crippen LogP contribution in [0.4, 0.5) is 4.39 Å². The number of aromatic nitrogens is 1. The lowest BCUT2D eigenvalue weighted by molar-refractivity contribution is 0.298. The lowest BCUT2D eigenvalue weighted by Gasteiger charge is -2.07. The predicted octanol–water partition coefficient (Wildman–Crippen LogP) is 3.43. The number of nitriles is 1. The van der Waals surface area contributed by atoms with E-state index in [4.69, 9.17) is 10.00 Å². The summed E-state index contributed by atoms with van der Waals surface area (Å²) in [4.78, 5) is 3.93. The molecular weight excluding hydrogens is 299 g/mol. The fraction of sp³-hybridized carbons (Fsp3) is 0.0769. The molecule has 0 saturated carbocycles. The minimum Gasteiger partial charge on any atom is -0.487 e. The van der Waals surface area contributed by atoms with Crippen LogP contribution in [0, 0.1) is 17.1 Å². The van der Waals surface area contributed by atoms with E-state index < -0.39 is 5.82 Å². The lowest BCUT2D eigenvalue weighted by Crippen LogP contribution is -2.00. The predicted molar refractivity (Wildman–Crippen MR) is 67.4 cm³/mol. The van der Waals surface area contributed by atoms with Gasteiger partial charge in [-0.1, -0.05) is 12.1 Å². The molecule has 90 valence electrons. The Bertz CT molecular complexity index is 610. The van der Waals surface area contributed by atoms with Crippen molar-refractivity contribution in [2.24, 2.45) is 0 Å². The van der Waals surface area contributed by atoms with Gasteiger partial charge in [0, 0.05) is 16.2 Å². The molecule has 1 aromatic carbocycles. The molecule has 0 aliphatic rings.